The maximum atomic E-state index is 13.0. The zero-order valence-electron chi connectivity index (χ0n) is 17.1. The minimum absolute atomic E-state index is 0.0762. The molecule has 1 aromatic rings. The lowest BCUT2D eigenvalue weighted by Crippen LogP contribution is -2.41. The number of benzene rings is 1. The molecule has 2 heterocycles. The highest BCUT2D eigenvalue weighted by Gasteiger charge is 2.47. The van der Waals surface area contributed by atoms with Crippen LogP contribution in [0.5, 0.6) is 5.75 Å². The van der Waals surface area contributed by atoms with E-state index in [1.54, 1.807) is 49.9 Å². The van der Waals surface area contributed by atoms with Gasteiger partial charge < -0.3 is 9.47 Å². The van der Waals surface area contributed by atoms with Crippen molar-refractivity contribution in [3.05, 3.63) is 41.1 Å². The van der Waals surface area contributed by atoms with Gasteiger partial charge in [-0.2, -0.15) is 0 Å². The Bertz CT molecular complexity index is 904. The number of aliphatic imine (C=N–C) groups is 1. The molecule has 0 aliphatic carbocycles. The third-order valence-electron chi connectivity index (χ3n) is 4.54. The molecule has 0 unspecified atom stereocenters. The largest absolute Gasteiger partial charge is 0.459 e. The molecule has 2 aliphatic rings. The second kappa shape index (κ2) is 8.41. The molecular formula is C21H24N2O5S. The first-order valence-electron chi connectivity index (χ1n) is 9.51. The van der Waals surface area contributed by atoms with E-state index in [2.05, 4.69) is 4.99 Å². The number of fused-ring (bicyclic) bond motifs is 1. The first-order valence-corrected chi connectivity index (χ1v) is 10.4. The SMILES string of the molecule is CC[C@H]1SC2=NC(C)=C(C(=O)OC(C)C)[C@H](c3ccc(OC(C)=O)cc3)N2C1=O. The number of esters is 2. The first-order chi connectivity index (χ1) is 13.7. The fourth-order valence-corrected chi connectivity index (χ4v) is 4.46. The van der Waals surface area contributed by atoms with Crippen LogP contribution in [-0.4, -0.2) is 39.3 Å². The van der Waals surface area contributed by atoms with Gasteiger partial charge in [-0.05, 0) is 44.9 Å². The van der Waals surface area contributed by atoms with Gasteiger partial charge in [-0.1, -0.05) is 30.8 Å². The van der Waals surface area contributed by atoms with Crippen molar-refractivity contribution in [2.24, 2.45) is 4.99 Å². The fourth-order valence-electron chi connectivity index (χ4n) is 3.33. The van der Waals surface area contributed by atoms with E-state index < -0.39 is 18.0 Å². The summed E-state index contributed by atoms with van der Waals surface area (Å²) in [6.07, 6.45) is 0.370. The van der Waals surface area contributed by atoms with E-state index in [0.717, 1.165) is 0 Å². The molecule has 1 amide bonds. The molecule has 1 fully saturated rings. The summed E-state index contributed by atoms with van der Waals surface area (Å²) in [5, 5.41) is 0.361. The smallest absolute Gasteiger partial charge is 0.338 e. The lowest BCUT2D eigenvalue weighted by Gasteiger charge is -2.33. The Labute approximate surface area is 174 Å². The molecule has 0 aromatic heterocycles. The number of amides is 1. The van der Waals surface area contributed by atoms with Crippen LogP contribution in [-0.2, 0) is 19.1 Å². The van der Waals surface area contributed by atoms with E-state index in [-0.39, 0.29) is 17.3 Å². The van der Waals surface area contributed by atoms with Gasteiger partial charge in [-0.3, -0.25) is 14.5 Å². The van der Waals surface area contributed by atoms with Crippen LogP contribution >= 0.6 is 11.8 Å². The van der Waals surface area contributed by atoms with Gasteiger partial charge in [0.15, 0.2) is 5.17 Å². The number of ether oxygens (including phenoxy) is 2. The van der Waals surface area contributed by atoms with Crippen LogP contribution in [0.15, 0.2) is 40.5 Å². The zero-order valence-corrected chi connectivity index (χ0v) is 17.9. The second-order valence-electron chi connectivity index (χ2n) is 7.14. The number of hydrogen-bond donors (Lipinski definition) is 0. The van der Waals surface area contributed by atoms with Crippen LogP contribution < -0.4 is 4.74 Å². The Morgan fingerprint density at radius 2 is 1.90 bits per heavy atom. The minimum atomic E-state index is -0.642. The molecule has 29 heavy (non-hydrogen) atoms. The maximum absolute atomic E-state index is 13.0. The molecule has 0 bridgehead atoms. The second-order valence-corrected chi connectivity index (χ2v) is 8.31. The van der Waals surface area contributed by atoms with Crippen molar-refractivity contribution in [3.63, 3.8) is 0 Å². The molecule has 3 rings (SSSR count). The summed E-state index contributed by atoms with van der Waals surface area (Å²) < 4.78 is 10.5. The predicted octanol–water partition coefficient (Wildman–Crippen LogP) is 3.60. The number of nitrogens with zero attached hydrogens (tertiary/aromatic N) is 2. The zero-order chi connectivity index (χ0) is 21.3. The lowest BCUT2D eigenvalue weighted by atomic mass is 9.94. The molecule has 0 radical (unpaired) electrons. The van der Waals surface area contributed by atoms with E-state index in [0.29, 0.717) is 34.2 Å². The molecule has 7 nitrogen and oxygen atoms in total. The number of carbonyl (C=O) groups is 3. The summed E-state index contributed by atoms with van der Waals surface area (Å²) in [5.41, 5.74) is 1.59. The van der Waals surface area contributed by atoms with E-state index in [9.17, 15) is 14.4 Å². The molecule has 154 valence electrons. The van der Waals surface area contributed by atoms with Gasteiger partial charge in [0.1, 0.15) is 5.75 Å². The number of carbonyl (C=O) groups excluding carboxylic acids is 3. The van der Waals surface area contributed by atoms with Crippen LogP contribution in [0.4, 0.5) is 0 Å². The van der Waals surface area contributed by atoms with Gasteiger partial charge in [0.05, 0.1) is 28.7 Å². The average Bonchev–Trinajstić information content (AvgIpc) is 2.95. The van der Waals surface area contributed by atoms with Gasteiger partial charge in [-0.25, -0.2) is 9.79 Å². The number of hydrogen-bond acceptors (Lipinski definition) is 7. The molecule has 0 saturated carbocycles. The third-order valence-corrected chi connectivity index (χ3v) is 5.86. The molecule has 1 saturated heterocycles. The quantitative estimate of drug-likeness (QED) is 0.539. The van der Waals surface area contributed by atoms with Crippen LogP contribution in [0.3, 0.4) is 0 Å². The van der Waals surface area contributed by atoms with E-state index >= 15 is 0 Å². The molecule has 2 aliphatic heterocycles. The number of allylic oxidation sites excluding steroid dienone is 1. The van der Waals surface area contributed by atoms with Crippen molar-refractivity contribution < 1.29 is 23.9 Å². The highest BCUT2D eigenvalue weighted by molar-refractivity contribution is 8.15. The summed E-state index contributed by atoms with van der Waals surface area (Å²) in [4.78, 5) is 43.2. The van der Waals surface area contributed by atoms with Gasteiger partial charge in [0.25, 0.3) is 0 Å². The van der Waals surface area contributed by atoms with Gasteiger partial charge in [-0.15, -0.1) is 0 Å². The van der Waals surface area contributed by atoms with Crippen LogP contribution in [0.2, 0.25) is 0 Å². The summed E-state index contributed by atoms with van der Waals surface area (Å²) in [5.74, 6) is -0.593. The fraction of sp³-hybridized carbons (Fsp3) is 0.429. The van der Waals surface area contributed by atoms with Gasteiger partial charge >= 0.3 is 11.9 Å². The highest BCUT2D eigenvalue weighted by Crippen LogP contribution is 2.44. The number of thioether (sulfide) groups is 1. The standard InChI is InChI=1S/C21H24N2O5S/c1-6-16-19(25)23-18(14-7-9-15(10-8-14)28-13(5)24)17(20(26)27-11(2)3)12(4)22-21(23)29-16/h7-11,16,18H,6H2,1-5H3/t16-,18+/m1/s1. The van der Waals surface area contributed by atoms with E-state index in [1.165, 1.54) is 18.7 Å². The summed E-state index contributed by atoms with van der Waals surface area (Å²) in [6.45, 7) is 8.59. The summed E-state index contributed by atoms with van der Waals surface area (Å²) in [7, 11) is 0. The van der Waals surface area contributed by atoms with Crippen molar-refractivity contribution in [2.45, 2.75) is 58.4 Å². The highest BCUT2D eigenvalue weighted by atomic mass is 32.2. The predicted molar refractivity (Wildman–Crippen MR) is 110 cm³/mol. The minimum Gasteiger partial charge on any atom is -0.459 e. The Balaban J connectivity index is 2.07. The summed E-state index contributed by atoms with van der Waals surface area (Å²) >= 11 is 1.41. The monoisotopic (exact) mass is 416 g/mol. The Hall–Kier alpha value is -2.61. The normalized spacial score (nSPS) is 21.2. The molecule has 1 aromatic carbocycles. The Morgan fingerprint density at radius 1 is 1.24 bits per heavy atom. The molecule has 0 spiro atoms. The number of rotatable bonds is 5. The lowest BCUT2D eigenvalue weighted by molar-refractivity contribution is -0.143. The molecule has 8 heteroatoms. The van der Waals surface area contributed by atoms with Crippen molar-refractivity contribution in [3.8, 4) is 5.75 Å². The Morgan fingerprint density at radius 3 is 2.45 bits per heavy atom. The molecule has 2 atom stereocenters. The van der Waals surface area contributed by atoms with E-state index in [4.69, 9.17) is 9.47 Å². The van der Waals surface area contributed by atoms with Crippen molar-refractivity contribution in [1.82, 2.24) is 4.90 Å². The van der Waals surface area contributed by atoms with E-state index in [1.807, 2.05) is 6.92 Å². The first kappa shape index (κ1) is 21.1. The molecule has 0 N–H and O–H groups in total. The van der Waals surface area contributed by atoms with Crippen LogP contribution in [0.1, 0.15) is 52.6 Å². The summed E-state index contributed by atoms with van der Waals surface area (Å²) in [6, 6.07) is 6.15. The maximum Gasteiger partial charge on any atom is 0.338 e. The third kappa shape index (κ3) is 4.22. The average molecular weight is 416 g/mol. The van der Waals surface area contributed by atoms with Crippen molar-refractivity contribution >= 4 is 34.8 Å². The van der Waals surface area contributed by atoms with Gasteiger partial charge in [0.2, 0.25) is 5.91 Å². The molecular weight excluding hydrogens is 392 g/mol. The van der Waals surface area contributed by atoms with Crippen molar-refractivity contribution in [2.75, 3.05) is 0 Å². The van der Waals surface area contributed by atoms with Crippen LogP contribution in [0, 0.1) is 0 Å². The van der Waals surface area contributed by atoms with Crippen molar-refractivity contribution in [1.29, 1.82) is 0 Å². The number of amidine groups is 1. The van der Waals surface area contributed by atoms with Gasteiger partial charge in [0, 0.05) is 6.92 Å². The van der Waals surface area contributed by atoms with Crippen LogP contribution in [0.25, 0.3) is 0 Å². The topological polar surface area (TPSA) is 85.3 Å². The Kier molecular flexibility index (Phi) is 6.12.